The fourth-order valence-corrected chi connectivity index (χ4v) is 2.57. The Morgan fingerprint density at radius 1 is 1.56 bits per heavy atom. The molecule has 0 aromatic carbocycles. The molecule has 0 spiro atoms. The van der Waals surface area contributed by atoms with Crippen LogP contribution in [0.1, 0.15) is 12.8 Å². The number of piperidine rings is 1. The van der Waals surface area contributed by atoms with Gasteiger partial charge in [0.15, 0.2) is 0 Å². The third-order valence-corrected chi connectivity index (χ3v) is 3.38. The standard InChI is InChI=1S/C10H12ClN3O2/c11-8-3-9(13-10(15)12-8)14-4-7-2-1-6(14)5-16-7/h3,6-7H,1-2,4-5H2,(H,12,13,15). The largest absolute Gasteiger partial charge is 0.374 e. The molecule has 86 valence electrons. The second-order valence-corrected chi connectivity index (χ2v) is 4.64. The van der Waals surface area contributed by atoms with Gasteiger partial charge in [0.2, 0.25) is 0 Å². The van der Waals surface area contributed by atoms with Crippen LogP contribution in [-0.2, 0) is 4.74 Å². The fraction of sp³-hybridized carbons (Fsp3) is 0.600. The Morgan fingerprint density at radius 2 is 2.44 bits per heavy atom. The van der Waals surface area contributed by atoms with Crippen LogP contribution >= 0.6 is 11.6 Å². The summed E-state index contributed by atoms with van der Waals surface area (Å²) in [7, 11) is 0. The lowest BCUT2D eigenvalue weighted by atomic mass is 9.97. The van der Waals surface area contributed by atoms with Gasteiger partial charge in [-0.3, -0.25) is 4.98 Å². The molecule has 0 radical (unpaired) electrons. The molecule has 4 rings (SSSR count). The molecule has 2 atom stereocenters. The van der Waals surface area contributed by atoms with Crippen molar-refractivity contribution in [3.63, 3.8) is 0 Å². The predicted octanol–water partition coefficient (Wildman–Crippen LogP) is 0.791. The van der Waals surface area contributed by atoms with Gasteiger partial charge in [0.25, 0.3) is 0 Å². The number of ether oxygens (including phenoxy) is 1. The summed E-state index contributed by atoms with van der Waals surface area (Å²) in [6.45, 7) is 1.52. The predicted molar refractivity (Wildman–Crippen MR) is 60.0 cm³/mol. The number of aromatic nitrogens is 2. The first kappa shape index (κ1) is 10.1. The van der Waals surface area contributed by atoms with E-state index in [9.17, 15) is 4.79 Å². The number of fused-ring (bicyclic) bond motifs is 3. The summed E-state index contributed by atoms with van der Waals surface area (Å²) < 4.78 is 5.60. The Morgan fingerprint density at radius 3 is 3.00 bits per heavy atom. The normalized spacial score (nSPS) is 28.4. The Kier molecular flexibility index (Phi) is 2.37. The summed E-state index contributed by atoms with van der Waals surface area (Å²) in [4.78, 5) is 19.8. The van der Waals surface area contributed by atoms with Crippen molar-refractivity contribution in [1.29, 1.82) is 0 Å². The zero-order chi connectivity index (χ0) is 11.1. The monoisotopic (exact) mass is 241 g/mol. The zero-order valence-corrected chi connectivity index (χ0v) is 9.41. The first-order valence-electron chi connectivity index (χ1n) is 5.37. The van der Waals surface area contributed by atoms with Crippen LogP contribution in [0, 0.1) is 0 Å². The molecular weight excluding hydrogens is 230 g/mol. The molecule has 4 heterocycles. The number of aromatic amines is 1. The molecule has 0 saturated carbocycles. The third-order valence-electron chi connectivity index (χ3n) is 3.18. The maximum atomic E-state index is 11.3. The van der Waals surface area contributed by atoms with Gasteiger partial charge >= 0.3 is 5.69 Å². The van der Waals surface area contributed by atoms with E-state index in [2.05, 4.69) is 14.9 Å². The third kappa shape index (κ3) is 1.70. The molecule has 3 fully saturated rings. The number of nitrogens with zero attached hydrogens (tertiary/aromatic N) is 2. The van der Waals surface area contributed by atoms with Crippen LogP contribution in [0.15, 0.2) is 10.9 Å². The molecule has 5 nitrogen and oxygen atoms in total. The number of halogens is 1. The van der Waals surface area contributed by atoms with E-state index in [0.29, 0.717) is 17.0 Å². The first-order valence-corrected chi connectivity index (χ1v) is 5.75. The molecule has 3 saturated heterocycles. The molecule has 3 aliphatic heterocycles. The number of hydrogen-bond donors (Lipinski definition) is 1. The molecule has 1 aromatic rings. The number of anilines is 1. The summed E-state index contributed by atoms with van der Waals surface area (Å²) >= 11 is 5.82. The van der Waals surface area contributed by atoms with Crippen LogP contribution in [0.2, 0.25) is 5.15 Å². The molecule has 0 aliphatic carbocycles. The highest BCUT2D eigenvalue weighted by Crippen LogP contribution is 2.29. The summed E-state index contributed by atoms with van der Waals surface area (Å²) in [5, 5.41) is 0.331. The van der Waals surface area contributed by atoms with Crippen molar-refractivity contribution in [3.05, 3.63) is 21.7 Å². The van der Waals surface area contributed by atoms with Gasteiger partial charge in [0.05, 0.1) is 18.8 Å². The Labute approximate surface area is 97.4 Å². The second kappa shape index (κ2) is 3.75. The lowest BCUT2D eigenvalue weighted by molar-refractivity contribution is -0.0228. The molecule has 0 amide bonds. The van der Waals surface area contributed by atoms with Crippen molar-refractivity contribution in [3.8, 4) is 0 Å². The lowest BCUT2D eigenvalue weighted by Gasteiger charge is -2.45. The minimum absolute atomic E-state index is 0.268. The van der Waals surface area contributed by atoms with Crippen molar-refractivity contribution in [2.24, 2.45) is 0 Å². The van der Waals surface area contributed by atoms with Crippen molar-refractivity contribution in [1.82, 2.24) is 9.97 Å². The maximum absolute atomic E-state index is 11.3. The number of H-pyrrole nitrogens is 1. The molecule has 16 heavy (non-hydrogen) atoms. The van der Waals surface area contributed by atoms with Crippen molar-refractivity contribution in [2.45, 2.75) is 25.0 Å². The maximum Gasteiger partial charge on any atom is 0.348 e. The van der Waals surface area contributed by atoms with E-state index in [-0.39, 0.29) is 6.10 Å². The number of morpholine rings is 1. The zero-order valence-electron chi connectivity index (χ0n) is 8.65. The summed E-state index contributed by atoms with van der Waals surface area (Å²) in [5.74, 6) is 0.659. The lowest BCUT2D eigenvalue weighted by Crippen LogP contribution is -2.55. The molecule has 2 bridgehead atoms. The van der Waals surface area contributed by atoms with E-state index >= 15 is 0 Å². The van der Waals surface area contributed by atoms with Gasteiger partial charge in [0.1, 0.15) is 11.0 Å². The number of nitrogens with one attached hydrogen (secondary N) is 1. The molecule has 6 heteroatoms. The van der Waals surface area contributed by atoms with Gasteiger partial charge in [-0.2, -0.15) is 4.98 Å². The van der Waals surface area contributed by atoms with Crippen LogP contribution in [0.25, 0.3) is 0 Å². The van der Waals surface area contributed by atoms with Gasteiger partial charge in [-0.1, -0.05) is 11.6 Å². The quantitative estimate of drug-likeness (QED) is 0.739. The highest BCUT2D eigenvalue weighted by atomic mass is 35.5. The van der Waals surface area contributed by atoms with E-state index in [0.717, 1.165) is 26.0 Å². The van der Waals surface area contributed by atoms with E-state index in [1.165, 1.54) is 0 Å². The summed E-state index contributed by atoms with van der Waals surface area (Å²) in [6, 6.07) is 2.03. The smallest absolute Gasteiger partial charge is 0.348 e. The summed E-state index contributed by atoms with van der Waals surface area (Å²) in [5.41, 5.74) is -0.398. The first-order chi connectivity index (χ1) is 7.72. The van der Waals surface area contributed by atoms with Crippen LogP contribution < -0.4 is 10.6 Å². The highest BCUT2D eigenvalue weighted by Gasteiger charge is 2.35. The van der Waals surface area contributed by atoms with Crippen LogP contribution in [0.5, 0.6) is 0 Å². The Balaban J connectivity index is 1.94. The van der Waals surface area contributed by atoms with E-state index in [1.54, 1.807) is 6.07 Å². The van der Waals surface area contributed by atoms with Crippen molar-refractivity contribution >= 4 is 17.4 Å². The van der Waals surface area contributed by atoms with Gasteiger partial charge in [-0.05, 0) is 12.8 Å². The number of rotatable bonds is 1. The Bertz CT molecular complexity index is 454. The van der Waals surface area contributed by atoms with E-state index in [4.69, 9.17) is 16.3 Å². The average molecular weight is 242 g/mol. The van der Waals surface area contributed by atoms with E-state index in [1.807, 2.05) is 0 Å². The van der Waals surface area contributed by atoms with Gasteiger partial charge < -0.3 is 9.64 Å². The molecule has 2 unspecified atom stereocenters. The minimum Gasteiger partial charge on any atom is -0.374 e. The fourth-order valence-electron chi connectivity index (χ4n) is 2.39. The average Bonchev–Trinajstić information content (AvgIpc) is 2.29. The number of hydrogen-bond acceptors (Lipinski definition) is 4. The second-order valence-electron chi connectivity index (χ2n) is 4.23. The highest BCUT2D eigenvalue weighted by molar-refractivity contribution is 6.29. The van der Waals surface area contributed by atoms with Gasteiger partial charge in [-0.15, -0.1) is 0 Å². The topological polar surface area (TPSA) is 58.2 Å². The van der Waals surface area contributed by atoms with Crippen molar-refractivity contribution in [2.75, 3.05) is 18.1 Å². The van der Waals surface area contributed by atoms with E-state index < -0.39 is 5.69 Å². The van der Waals surface area contributed by atoms with Gasteiger partial charge in [-0.25, -0.2) is 4.79 Å². The van der Waals surface area contributed by atoms with Crippen LogP contribution in [-0.4, -0.2) is 35.3 Å². The molecular formula is C10H12ClN3O2. The SMILES string of the molecule is O=c1nc(N2CC3CCC2CO3)cc(Cl)[nH]1. The molecule has 3 aliphatic rings. The van der Waals surface area contributed by atoms with Crippen LogP contribution in [0.3, 0.4) is 0 Å². The molecule has 1 N–H and O–H groups in total. The Hall–Kier alpha value is -1.07. The molecule has 1 aromatic heterocycles. The summed E-state index contributed by atoms with van der Waals surface area (Å²) in [6.07, 6.45) is 2.46. The minimum atomic E-state index is -0.398. The van der Waals surface area contributed by atoms with Gasteiger partial charge in [0, 0.05) is 12.6 Å². The van der Waals surface area contributed by atoms with Crippen molar-refractivity contribution < 1.29 is 4.74 Å². The van der Waals surface area contributed by atoms with Crippen LogP contribution in [0.4, 0.5) is 5.82 Å².